The normalized spacial score (nSPS) is 11.8. The number of unbranched alkanes of at least 4 members (excludes halogenated alkanes) is 2. The molecule has 2 amide bonds. The van der Waals surface area contributed by atoms with Crippen LogP contribution in [-0.2, 0) is 9.59 Å². The summed E-state index contributed by atoms with van der Waals surface area (Å²) in [5.41, 5.74) is 8.87. The molecule has 0 radical (unpaired) electrons. The zero-order chi connectivity index (χ0) is 23.0. The second-order valence-corrected chi connectivity index (χ2v) is 7.63. The first-order valence-electron chi connectivity index (χ1n) is 11.5. The minimum atomic E-state index is -0.289. The van der Waals surface area contributed by atoms with Gasteiger partial charge in [-0.1, -0.05) is 87.4 Å². The largest absolute Gasteiger partial charge is 0.273 e. The van der Waals surface area contributed by atoms with Crippen LogP contribution >= 0.6 is 0 Å². The molecule has 0 aliphatic rings. The number of hydrazone groups is 2. The Morgan fingerprint density at radius 2 is 1.00 bits per heavy atom. The fraction of sp³-hybridized carbons (Fsp3) is 0.385. The van der Waals surface area contributed by atoms with Gasteiger partial charge in [-0.3, -0.25) is 9.59 Å². The molecule has 2 aromatic rings. The highest BCUT2D eigenvalue weighted by Gasteiger charge is 2.09. The summed E-state index contributed by atoms with van der Waals surface area (Å²) >= 11 is 0. The summed E-state index contributed by atoms with van der Waals surface area (Å²) < 4.78 is 0. The number of rotatable bonds is 13. The average molecular weight is 435 g/mol. The first-order valence-corrected chi connectivity index (χ1v) is 11.5. The van der Waals surface area contributed by atoms with Crippen molar-refractivity contribution in [2.45, 2.75) is 65.2 Å². The van der Waals surface area contributed by atoms with E-state index in [1.54, 1.807) is 0 Å². The zero-order valence-corrected chi connectivity index (χ0v) is 19.1. The smallest absolute Gasteiger partial charge is 0.240 e. The van der Waals surface area contributed by atoms with Gasteiger partial charge in [0.25, 0.3) is 0 Å². The SMILES string of the molecule is CCCC/C(=N/NC(=O)CCC(=O)N/N=C(\CCCC)c1ccccc1)c1ccccc1. The monoisotopic (exact) mass is 434 g/mol. The third-order valence-electron chi connectivity index (χ3n) is 4.96. The van der Waals surface area contributed by atoms with Crippen molar-refractivity contribution < 1.29 is 9.59 Å². The molecule has 0 saturated heterocycles. The van der Waals surface area contributed by atoms with Crippen LogP contribution in [0.5, 0.6) is 0 Å². The van der Waals surface area contributed by atoms with E-state index in [4.69, 9.17) is 0 Å². The van der Waals surface area contributed by atoms with E-state index in [1.165, 1.54) is 0 Å². The minimum Gasteiger partial charge on any atom is -0.273 e. The Bertz CT molecular complexity index is 817. The van der Waals surface area contributed by atoms with Crippen LogP contribution in [0.2, 0.25) is 0 Å². The zero-order valence-electron chi connectivity index (χ0n) is 19.1. The maximum atomic E-state index is 12.2. The first kappa shape index (κ1) is 25.0. The Morgan fingerprint density at radius 3 is 1.34 bits per heavy atom. The molecule has 0 bridgehead atoms. The average Bonchev–Trinajstić information content (AvgIpc) is 2.84. The van der Waals surface area contributed by atoms with Crippen molar-refractivity contribution in [2.75, 3.05) is 0 Å². The van der Waals surface area contributed by atoms with Crippen molar-refractivity contribution >= 4 is 23.2 Å². The second kappa shape index (κ2) is 14.7. The topological polar surface area (TPSA) is 82.9 Å². The van der Waals surface area contributed by atoms with E-state index < -0.39 is 0 Å². The maximum absolute atomic E-state index is 12.2. The standard InChI is InChI=1S/C26H34N4O2/c1-3-5-17-23(21-13-9-7-10-14-21)27-29-25(31)19-20-26(32)30-28-24(18-6-4-2)22-15-11-8-12-16-22/h7-16H,3-6,17-20H2,1-2H3,(H,29,31)(H,30,32)/b27-23-,28-24+. The Balaban J connectivity index is 1.88. The summed E-state index contributed by atoms with van der Waals surface area (Å²) in [4.78, 5) is 24.4. The molecule has 170 valence electrons. The van der Waals surface area contributed by atoms with Gasteiger partial charge in [-0.05, 0) is 36.8 Å². The summed E-state index contributed by atoms with van der Waals surface area (Å²) in [5, 5.41) is 8.63. The van der Waals surface area contributed by atoms with E-state index in [-0.39, 0.29) is 24.7 Å². The second-order valence-electron chi connectivity index (χ2n) is 7.63. The molecular weight excluding hydrogens is 400 g/mol. The Morgan fingerprint density at radius 1 is 0.625 bits per heavy atom. The van der Waals surface area contributed by atoms with Crippen LogP contribution in [0.25, 0.3) is 0 Å². The van der Waals surface area contributed by atoms with Gasteiger partial charge in [0.1, 0.15) is 0 Å². The summed E-state index contributed by atoms with van der Waals surface area (Å²) in [6.07, 6.45) is 5.75. The molecule has 32 heavy (non-hydrogen) atoms. The van der Waals surface area contributed by atoms with Crippen LogP contribution in [0.1, 0.15) is 76.3 Å². The Labute approximate surface area is 191 Å². The molecule has 6 nitrogen and oxygen atoms in total. The van der Waals surface area contributed by atoms with Gasteiger partial charge in [0.2, 0.25) is 11.8 Å². The Kier molecular flexibility index (Phi) is 11.5. The Hall–Kier alpha value is -3.28. The molecule has 2 aromatic carbocycles. The molecule has 6 heteroatoms. The number of amides is 2. The van der Waals surface area contributed by atoms with Crippen molar-refractivity contribution in [1.29, 1.82) is 0 Å². The molecule has 0 saturated carbocycles. The summed E-state index contributed by atoms with van der Waals surface area (Å²) in [6, 6.07) is 19.6. The minimum absolute atomic E-state index is 0.0519. The summed E-state index contributed by atoms with van der Waals surface area (Å²) in [6.45, 7) is 4.24. The van der Waals surface area contributed by atoms with Crippen molar-refractivity contribution in [3.8, 4) is 0 Å². The van der Waals surface area contributed by atoms with Crippen molar-refractivity contribution in [2.24, 2.45) is 10.2 Å². The van der Waals surface area contributed by atoms with Gasteiger partial charge in [-0.2, -0.15) is 10.2 Å². The maximum Gasteiger partial charge on any atom is 0.240 e. The highest BCUT2D eigenvalue weighted by molar-refractivity contribution is 6.01. The van der Waals surface area contributed by atoms with Crippen molar-refractivity contribution in [3.05, 3.63) is 71.8 Å². The third kappa shape index (κ3) is 9.25. The molecule has 0 atom stereocenters. The lowest BCUT2D eigenvalue weighted by atomic mass is 10.1. The van der Waals surface area contributed by atoms with Crippen LogP contribution in [0.4, 0.5) is 0 Å². The number of benzene rings is 2. The van der Waals surface area contributed by atoms with Crippen LogP contribution in [-0.4, -0.2) is 23.2 Å². The van der Waals surface area contributed by atoms with E-state index in [9.17, 15) is 9.59 Å². The van der Waals surface area contributed by atoms with Gasteiger partial charge in [-0.25, -0.2) is 10.9 Å². The quantitative estimate of drug-likeness (QED) is 0.336. The van der Waals surface area contributed by atoms with Gasteiger partial charge >= 0.3 is 0 Å². The van der Waals surface area contributed by atoms with Crippen LogP contribution in [0, 0.1) is 0 Å². The van der Waals surface area contributed by atoms with Gasteiger partial charge in [0.15, 0.2) is 0 Å². The van der Waals surface area contributed by atoms with Crippen LogP contribution in [0.3, 0.4) is 0 Å². The molecule has 2 N–H and O–H groups in total. The van der Waals surface area contributed by atoms with E-state index in [0.717, 1.165) is 61.1 Å². The molecule has 0 fully saturated rings. The molecule has 0 aliphatic carbocycles. The fourth-order valence-electron chi connectivity index (χ4n) is 3.08. The fourth-order valence-corrected chi connectivity index (χ4v) is 3.08. The summed E-state index contributed by atoms with van der Waals surface area (Å²) in [5.74, 6) is -0.577. The first-order chi connectivity index (χ1) is 15.6. The molecule has 0 spiro atoms. The third-order valence-corrected chi connectivity index (χ3v) is 4.96. The van der Waals surface area contributed by atoms with Crippen LogP contribution < -0.4 is 10.9 Å². The lowest BCUT2D eigenvalue weighted by Crippen LogP contribution is -2.24. The molecule has 0 aromatic heterocycles. The highest BCUT2D eigenvalue weighted by atomic mass is 16.2. The molecule has 0 unspecified atom stereocenters. The van der Waals surface area contributed by atoms with Gasteiger partial charge in [0, 0.05) is 12.8 Å². The predicted octanol–water partition coefficient (Wildman–Crippen LogP) is 5.19. The highest BCUT2D eigenvalue weighted by Crippen LogP contribution is 2.09. The molecule has 2 rings (SSSR count). The number of carbonyl (C=O) groups excluding carboxylic acids is 2. The van der Waals surface area contributed by atoms with Crippen molar-refractivity contribution in [3.63, 3.8) is 0 Å². The van der Waals surface area contributed by atoms with E-state index >= 15 is 0 Å². The molecule has 0 heterocycles. The van der Waals surface area contributed by atoms with Gasteiger partial charge < -0.3 is 0 Å². The molecular formula is C26H34N4O2. The van der Waals surface area contributed by atoms with E-state index in [1.807, 2.05) is 60.7 Å². The predicted molar refractivity (Wildman–Crippen MR) is 131 cm³/mol. The van der Waals surface area contributed by atoms with E-state index in [2.05, 4.69) is 34.9 Å². The molecule has 0 aliphatic heterocycles. The number of hydrogen-bond donors (Lipinski definition) is 2. The van der Waals surface area contributed by atoms with Gasteiger partial charge in [0.05, 0.1) is 11.4 Å². The van der Waals surface area contributed by atoms with Crippen molar-refractivity contribution in [1.82, 2.24) is 10.9 Å². The number of nitrogens with zero attached hydrogens (tertiary/aromatic N) is 2. The van der Waals surface area contributed by atoms with Gasteiger partial charge in [-0.15, -0.1) is 0 Å². The number of carbonyl (C=O) groups is 2. The lowest BCUT2D eigenvalue weighted by molar-refractivity contribution is -0.126. The number of nitrogens with one attached hydrogen (secondary N) is 2. The summed E-state index contributed by atoms with van der Waals surface area (Å²) in [7, 11) is 0. The number of hydrogen-bond acceptors (Lipinski definition) is 4. The lowest BCUT2D eigenvalue weighted by Gasteiger charge is -2.08. The van der Waals surface area contributed by atoms with Crippen LogP contribution in [0.15, 0.2) is 70.9 Å². The van der Waals surface area contributed by atoms with E-state index in [0.29, 0.717) is 0 Å².